The summed E-state index contributed by atoms with van der Waals surface area (Å²) in [7, 11) is 0. The van der Waals surface area contributed by atoms with Crippen LogP contribution in [0.4, 0.5) is 34.1 Å². The molecule has 21 aromatic rings. The normalized spacial score (nSPS) is 12.6. The molecule has 0 aliphatic carbocycles. The first-order valence-electron chi connectivity index (χ1n) is 37.4. The molecule has 0 saturated carbocycles. The Labute approximate surface area is 624 Å². The van der Waals surface area contributed by atoms with Crippen molar-refractivity contribution in [2.75, 3.05) is 9.80 Å². The van der Waals surface area contributed by atoms with Crippen LogP contribution in [-0.2, 0) is 0 Å². The molecule has 0 spiro atoms. The lowest BCUT2D eigenvalue weighted by atomic mass is 9.33. The Morgan fingerprint density at radius 1 is 0.194 bits per heavy atom. The quantitative estimate of drug-likeness (QED) is 0.127. The van der Waals surface area contributed by atoms with Crippen LogP contribution in [0.15, 0.2) is 388 Å². The van der Waals surface area contributed by atoms with E-state index >= 15 is 0 Å². The second kappa shape index (κ2) is 23.7. The van der Waals surface area contributed by atoms with Gasteiger partial charge < -0.3 is 23.3 Å². The van der Waals surface area contributed by atoms with E-state index in [-0.39, 0.29) is 6.71 Å². The lowest BCUT2D eigenvalue weighted by Gasteiger charge is -2.46. The van der Waals surface area contributed by atoms with Gasteiger partial charge in [0.15, 0.2) is 0 Å². The van der Waals surface area contributed by atoms with E-state index < -0.39 is 0 Å². The molecule has 0 saturated heterocycles. The third kappa shape index (κ3) is 8.89. The molecule has 0 bridgehead atoms. The first-order valence-corrected chi connectivity index (χ1v) is 37.4. The van der Waals surface area contributed by atoms with Crippen molar-refractivity contribution in [1.29, 1.82) is 0 Å². The van der Waals surface area contributed by atoms with Gasteiger partial charge in [-0.3, -0.25) is 0 Å². The number of anilines is 6. The molecule has 108 heavy (non-hydrogen) atoms. The van der Waals surface area contributed by atoms with Crippen LogP contribution in [0.25, 0.3) is 160 Å². The molecule has 5 nitrogen and oxygen atoms in total. The van der Waals surface area contributed by atoms with Crippen LogP contribution in [0.5, 0.6) is 0 Å². The van der Waals surface area contributed by atoms with Crippen LogP contribution >= 0.6 is 0 Å². The summed E-state index contributed by atoms with van der Waals surface area (Å²) in [5.41, 5.74) is 34.4. The van der Waals surface area contributed by atoms with Crippen molar-refractivity contribution >= 4 is 139 Å². The van der Waals surface area contributed by atoms with Gasteiger partial charge in [0.25, 0.3) is 6.71 Å². The Hall–Kier alpha value is -14.2. The third-order valence-electron chi connectivity index (χ3n) is 23.3. The Bertz CT molecular complexity index is 7070. The van der Waals surface area contributed by atoms with Crippen molar-refractivity contribution in [1.82, 2.24) is 13.5 Å². The fourth-order valence-electron chi connectivity index (χ4n) is 18.7. The van der Waals surface area contributed by atoms with Crippen molar-refractivity contribution in [2.45, 2.75) is 0 Å². The third-order valence-corrected chi connectivity index (χ3v) is 23.3. The van der Waals surface area contributed by atoms with E-state index in [0.717, 1.165) is 129 Å². The first-order chi connectivity index (χ1) is 53.6. The second-order valence-corrected chi connectivity index (χ2v) is 29.0. The number of benzene rings is 17. The van der Waals surface area contributed by atoms with Crippen molar-refractivity contribution in [2.24, 2.45) is 0 Å². The van der Waals surface area contributed by atoms with Crippen LogP contribution in [0.2, 0.25) is 0 Å². The largest absolute Gasteiger partial charge is 0.310 e. The highest BCUT2D eigenvalue weighted by Crippen LogP contribution is 2.55. The van der Waals surface area contributed by atoms with Gasteiger partial charge in [-0.25, -0.2) is 0 Å². The summed E-state index contributed by atoms with van der Waals surface area (Å²) < 4.78 is 7.41. The van der Waals surface area contributed by atoms with Crippen LogP contribution in [0, 0.1) is 0 Å². The van der Waals surface area contributed by atoms with Crippen LogP contribution < -0.4 is 26.2 Å². The smallest absolute Gasteiger partial charge is 0.252 e. The molecule has 6 heterocycles. The summed E-state index contributed by atoms with van der Waals surface area (Å²) in [5, 5.41) is 9.89. The first kappa shape index (κ1) is 60.2. The number of rotatable bonds is 10. The summed E-state index contributed by atoms with van der Waals surface area (Å²) >= 11 is 0. The Balaban J connectivity index is 0.876. The summed E-state index contributed by atoms with van der Waals surface area (Å²) in [4.78, 5) is 5.39. The highest BCUT2D eigenvalue weighted by atomic mass is 15.2. The minimum Gasteiger partial charge on any atom is -0.310 e. The van der Waals surface area contributed by atoms with E-state index in [1.807, 2.05) is 0 Å². The zero-order chi connectivity index (χ0) is 70.7. The van der Waals surface area contributed by atoms with Gasteiger partial charge >= 0.3 is 0 Å². The monoisotopic (exact) mass is 1370 g/mol. The average molecular weight is 1370 g/mol. The van der Waals surface area contributed by atoms with E-state index in [0.29, 0.717) is 0 Å². The van der Waals surface area contributed by atoms with Gasteiger partial charge in [-0.15, -0.1) is 0 Å². The summed E-state index contributed by atoms with van der Waals surface area (Å²) in [6.07, 6.45) is 0. The molecule has 500 valence electrons. The number of hydrogen-bond acceptors (Lipinski definition) is 2. The number of nitrogens with zero attached hydrogens (tertiary/aromatic N) is 5. The minimum absolute atomic E-state index is 0.265. The maximum absolute atomic E-state index is 2.70. The van der Waals surface area contributed by atoms with Crippen molar-refractivity contribution in [3.05, 3.63) is 388 Å². The van der Waals surface area contributed by atoms with E-state index in [9.17, 15) is 0 Å². The van der Waals surface area contributed by atoms with E-state index in [1.165, 1.54) is 81.5 Å². The molecule has 17 aromatic carbocycles. The van der Waals surface area contributed by atoms with Crippen LogP contribution in [0.3, 0.4) is 0 Å². The lowest BCUT2D eigenvalue weighted by molar-refractivity contribution is 1.17. The standard InChI is InChI=1S/C102H64BN5/c1-6-27-65(28-7-1)75-41-24-42-76(66-29-8-2-9-30-66)100(75)107-95-61-71(69-52-58-94-86(59-69)84-46-26-45-83-81-39-18-23-50-92(81)106(94)102(83)84)51-55-87(95)103-88-56-54-74(105-89-47-20-16-37-79(89)80-38-17-21-48-90(80)105)64-96(88)108(101-77(67-31-10-3-11-32-67)43-25-44-78(101)68-33-12-4-13-34-68)98-63-72(62-97(107)99(98)103)70-53-57-93-85(60-70)82-40-19-22-49-91(82)104(93)73-35-14-5-15-36-73/h1-64H. The van der Waals surface area contributed by atoms with Crippen LogP contribution in [0.1, 0.15) is 0 Å². The molecule has 0 unspecified atom stereocenters. The molecule has 0 atom stereocenters. The lowest BCUT2D eigenvalue weighted by Crippen LogP contribution is -2.61. The van der Waals surface area contributed by atoms with Gasteiger partial charge in [0, 0.05) is 99.5 Å². The van der Waals surface area contributed by atoms with Gasteiger partial charge in [-0.2, -0.15) is 0 Å². The fourth-order valence-corrected chi connectivity index (χ4v) is 18.7. The van der Waals surface area contributed by atoms with Crippen molar-refractivity contribution in [3.8, 4) is 78.1 Å². The fraction of sp³-hybridized carbons (Fsp3) is 0. The Kier molecular flexibility index (Phi) is 13.2. The summed E-state index contributed by atoms with van der Waals surface area (Å²) in [6.45, 7) is -0.265. The molecule has 23 rings (SSSR count). The highest BCUT2D eigenvalue weighted by molar-refractivity contribution is 7.00. The molecule has 6 heteroatoms. The maximum atomic E-state index is 2.70. The Morgan fingerprint density at radius 2 is 0.528 bits per heavy atom. The van der Waals surface area contributed by atoms with Gasteiger partial charge in [0.2, 0.25) is 0 Å². The molecule has 4 aromatic heterocycles. The maximum Gasteiger partial charge on any atom is 0.252 e. The van der Waals surface area contributed by atoms with Gasteiger partial charge in [-0.05, 0) is 152 Å². The molecular formula is C102H64BN5. The predicted octanol–water partition coefficient (Wildman–Crippen LogP) is 25.1. The molecular weight excluding hydrogens is 1310 g/mol. The molecule has 0 amide bonds. The Morgan fingerprint density at radius 3 is 1.05 bits per heavy atom. The zero-order valence-electron chi connectivity index (χ0n) is 58.8. The zero-order valence-corrected chi connectivity index (χ0v) is 58.8. The van der Waals surface area contributed by atoms with Gasteiger partial charge in [0.05, 0.1) is 50.0 Å². The van der Waals surface area contributed by atoms with E-state index in [2.05, 4.69) is 412 Å². The number of aromatic nitrogens is 3. The predicted molar refractivity (Wildman–Crippen MR) is 456 cm³/mol. The molecule has 2 aliphatic heterocycles. The van der Waals surface area contributed by atoms with Gasteiger partial charge in [0.1, 0.15) is 0 Å². The summed E-state index contributed by atoms with van der Waals surface area (Å²) in [5.74, 6) is 0. The molecule has 0 fully saturated rings. The highest BCUT2D eigenvalue weighted by Gasteiger charge is 2.46. The number of hydrogen-bond donors (Lipinski definition) is 0. The van der Waals surface area contributed by atoms with Crippen molar-refractivity contribution < 1.29 is 0 Å². The van der Waals surface area contributed by atoms with E-state index in [4.69, 9.17) is 0 Å². The van der Waals surface area contributed by atoms with Gasteiger partial charge in [-0.1, -0.05) is 297 Å². The molecule has 0 radical (unpaired) electrons. The minimum atomic E-state index is -0.265. The molecule has 2 aliphatic rings. The number of fused-ring (bicyclic) bond motifs is 16. The number of para-hydroxylation sites is 8. The summed E-state index contributed by atoms with van der Waals surface area (Å²) in [6, 6.07) is 146. The molecule has 0 N–H and O–H groups in total. The van der Waals surface area contributed by atoms with E-state index in [1.54, 1.807) is 0 Å². The van der Waals surface area contributed by atoms with Crippen molar-refractivity contribution in [3.63, 3.8) is 0 Å². The second-order valence-electron chi connectivity index (χ2n) is 29.0. The average Bonchev–Trinajstić information content (AvgIpc) is 0.955. The topological polar surface area (TPSA) is 20.8 Å². The van der Waals surface area contributed by atoms with Crippen LogP contribution in [-0.4, -0.2) is 20.2 Å². The SMILES string of the molecule is c1ccc(-c2cccc(-c3ccccc3)c2N2c3cc(-c4ccc5c(c4)c4cccc6c7ccccc7n5c64)ccc3B3c4ccc(-n5c6ccccc6c6ccccc65)cc4N(c4c(-c5ccccc5)cccc4-c4ccccc4)c4cc(-c5ccc6c(c5)c5ccccc5n6-c5ccccc5)cc2c43)cc1.